The van der Waals surface area contributed by atoms with Crippen molar-refractivity contribution in [1.82, 2.24) is 10.2 Å². The molecule has 1 rings (SSSR count). The van der Waals surface area contributed by atoms with E-state index in [9.17, 15) is 22.4 Å². The summed E-state index contributed by atoms with van der Waals surface area (Å²) in [6.45, 7) is 0.310. The van der Waals surface area contributed by atoms with E-state index in [4.69, 9.17) is 9.90 Å². The Morgan fingerprint density at radius 1 is 1.33 bits per heavy atom. The Morgan fingerprint density at radius 3 is 2.00 bits per heavy atom. The molecule has 0 bridgehead atoms. The molecule has 2 atom stereocenters. The minimum atomic E-state index is -5.08. The molecular weight excluding hydrogens is 260 g/mol. The largest absolute Gasteiger partial charge is 0.490 e. The van der Waals surface area contributed by atoms with Crippen LogP contribution in [0.1, 0.15) is 6.42 Å². The van der Waals surface area contributed by atoms with Crippen LogP contribution in [0, 0.1) is 0 Å². The van der Waals surface area contributed by atoms with E-state index in [1.165, 1.54) is 4.90 Å². The Labute approximate surface area is 101 Å². The second kappa shape index (κ2) is 6.53. The second-order valence-electron chi connectivity index (χ2n) is 3.83. The summed E-state index contributed by atoms with van der Waals surface area (Å²) in [5, 5.41) is 9.95. The predicted molar refractivity (Wildman–Crippen MR) is 53.7 cm³/mol. The summed E-state index contributed by atoms with van der Waals surface area (Å²) in [4.78, 5) is 21.6. The number of halogens is 4. The van der Waals surface area contributed by atoms with Crippen LogP contribution in [-0.4, -0.2) is 60.9 Å². The van der Waals surface area contributed by atoms with Gasteiger partial charge >= 0.3 is 12.1 Å². The summed E-state index contributed by atoms with van der Waals surface area (Å²) >= 11 is 0. The lowest BCUT2D eigenvalue weighted by Crippen LogP contribution is -2.39. The number of likely N-dealkylation sites (N-methyl/N-ethyl adjacent to an activating group) is 1. The zero-order valence-electron chi connectivity index (χ0n) is 9.79. The van der Waals surface area contributed by atoms with Gasteiger partial charge in [-0.1, -0.05) is 0 Å². The van der Waals surface area contributed by atoms with Gasteiger partial charge in [0.15, 0.2) is 0 Å². The van der Waals surface area contributed by atoms with Crippen LogP contribution in [0.2, 0.25) is 0 Å². The molecule has 0 aromatic heterocycles. The van der Waals surface area contributed by atoms with Crippen molar-refractivity contribution in [2.75, 3.05) is 20.6 Å². The lowest BCUT2D eigenvalue weighted by Gasteiger charge is -2.15. The molecule has 1 saturated heterocycles. The number of carboxylic acid groups (broad SMARTS) is 1. The summed E-state index contributed by atoms with van der Waals surface area (Å²) in [7, 11) is 3.35. The van der Waals surface area contributed by atoms with Gasteiger partial charge < -0.3 is 15.3 Å². The number of nitrogens with one attached hydrogen (secondary N) is 1. The molecule has 2 N–H and O–H groups in total. The zero-order valence-corrected chi connectivity index (χ0v) is 9.79. The summed E-state index contributed by atoms with van der Waals surface area (Å²) in [6.07, 6.45) is -5.62. The van der Waals surface area contributed by atoms with Crippen LogP contribution >= 0.6 is 0 Å². The normalized spacial score (nSPS) is 23.0. The molecule has 0 aromatic rings. The minimum Gasteiger partial charge on any atom is -0.475 e. The van der Waals surface area contributed by atoms with Crippen molar-refractivity contribution in [2.45, 2.75) is 24.8 Å². The fraction of sp³-hybridized carbons (Fsp3) is 0.778. The molecule has 0 saturated carbocycles. The maximum Gasteiger partial charge on any atom is 0.490 e. The molecule has 9 heteroatoms. The van der Waals surface area contributed by atoms with Crippen molar-refractivity contribution in [3.8, 4) is 0 Å². The summed E-state index contributed by atoms with van der Waals surface area (Å²) in [5.41, 5.74) is 0. The van der Waals surface area contributed by atoms with E-state index in [1.807, 2.05) is 0 Å². The van der Waals surface area contributed by atoms with Gasteiger partial charge in [-0.25, -0.2) is 9.18 Å². The van der Waals surface area contributed by atoms with Crippen LogP contribution < -0.4 is 5.32 Å². The predicted octanol–water partition coefficient (Wildman–Crippen LogP) is 0.408. The molecule has 1 amide bonds. The number of amides is 1. The summed E-state index contributed by atoms with van der Waals surface area (Å²) in [6, 6.07) is -0.306. The van der Waals surface area contributed by atoms with Crippen molar-refractivity contribution >= 4 is 11.9 Å². The highest BCUT2D eigenvalue weighted by Gasteiger charge is 2.38. The molecule has 0 aliphatic carbocycles. The first-order valence-electron chi connectivity index (χ1n) is 4.94. The molecule has 0 radical (unpaired) electrons. The van der Waals surface area contributed by atoms with E-state index < -0.39 is 18.3 Å². The topological polar surface area (TPSA) is 69.6 Å². The molecule has 1 heterocycles. The maximum atomic E-state index is 12.6. The van der Waals surface area contributed by atoms with Gasteiger partial charge in [0, 0.05) is 27.1 Å². The number of alkyl halides is 4. The summed E-state index contributed by atoms with van der Waals surface area (Å²) in [5.74, 6) is -2.79. The standard InChI is InChI=1S/C7H13FN2O.C2HF3O2/c1-10(2)7(11)6-3-5(8)4-9-6;3-2(4,5)1(6)7/h5-6,9H,3-4H2,1-2H3;(H,6,7)/t5?,6-;/m1./s1. The van der Waals surface area contributed by atoms with Crippen LogP contribution in [0.5, 0.6) is 0 Å². The fourth-order valence-electron chi connectivity index (χ4n) is 1.19. The monoisotopic (exact) mass is 274 g/mol. The van der Waals surface area contributed by atoms with Gasteiger partial charge in [0.05, 0.1) is 6.04 Å². The number of aliphatic carboxylic acids is 1. The van der Waals surface area contributed by atoms with Crippen molar-refractivity contribution in [3.05, 3.63) is 0 Å². The average molecular weight is 274 g/mol. The van der Waals surface area contributed by atoms with Gasteiger partial charge in [-0.05, 0) is 0 Å². The third-order valence-corrected chi connectivity index (χ3v) is 2.06. The van der Waals surface area contributed by atoms with E-state index >= 15 is 0 Å². The third kappa shape index (κ3) is 5.80. The van der Waals surface area contributed by atoms with Gasteiger partial charge in [-0.2, -0.15) is 13.2 Å². The van der Waals surface area contributed by atoms with Crippen molar-refractivity contribution in [2.24, 2.45) is 0 Å². The molecule has 18 heavy (non-hydrogen) atoms. The van der Waals surface area contributed by atoms with E-state index in [0.29, 0.717) is 13.0 Å². The molecule has 0 aromatic carbocycles. The zero-order chi connectivity index (χ0) is 14.5. The van der Waals surface area contributed by atoms with E-state index in [-0.39, 0.29) is 11.9 Å². The summed E-state index contributed by atoms with van der Waals surface area (Å²) < 4.78 is 44.3. The van der Waals surface area contributed by atoms with Gasteiger partial charge in [0.2, 0.25) is 5.91 Å². The molecule has 5 nitrogen and oxygen atoms in total. The molecule has 1 fully saturated rings. The van der Waals surface area contributed by atoms with Crippen LogP contribution in [0.4, 0.5) is 17.6 Å². The molecular formula is C9H14F4N2O3. The number of carboxylic acids is 1. The van der Waals surface area contributed by atoms with Gasteiger partial charge in [0.1, 0.15) is 6.17 Å². The first-order chi connectivity index (χ1) is 8.05. The van der Waals surface area contributed by atoms with Crippen LogP contribution in [0.15, 0.2) is 0 Å². The Bertz CT molecular complexity index is 307. The van der Waals surface area contributed by atoms with Gasteiger partial charge in [0.25, 0.3) is 0 Å². The van der Waals surface area contributed by atoms with Crippen molar-refractivity contribution < 1.29 is 32.3 Å². The SMILES string of the molecule is CN(C)C(=O)[C@H]1CC(F)CN1.O=C(O)C(F)(F)F. The number of carbonyl (C=O) groups is 2. The lowest BCUT2D eigenvalue weighted by molar-refractivity contribution is -0.192. The van der Waals surface area contributed by atoms with Crippen LogP contribution in [-0.2, 0) is 9.59 Å². The smallest absolute Gasteiger partial charge is 0.475 e. The average Bonchev–Trinajstić information content (AvgIpc) is 2.63. The number of hydrogen-bond acceptors (Lipinski definition) is 3. The molecule has 1 aliphatic heterocycles. The number of rotatable bonds is 1. The van der Waals surface area contributed by atoms with Crippen LogP contribution in [0.3, 0.4) is 0 Å². The molecule has 0 spiro atoms. The van der Waals surface area contributed by atoms with E-state index in [2.05, 4.69) is 5.32 Å². The number of hydrogen-bond donors (Lipinski definition) is 2. The first kappa shape index (κ1) is 16.6. The van der Waals surface area contributed by atoms with Gasteiger partial charge in [-0.15, -0.1) is 0 Å². The lowest BCUT2D eigenvalue weighted by atomic mass is 10.2. The molecule has 106 valence electrons. The Hall–Kier alpha value is -1.38. The number of carbonyl (C=O) groups excluding carboxylic acids is 1. The van der Waals surface area contributed by atoms with Crippen molar-refractivity contribution in [1.29, 1.82) is 0 Å². The van der Waals surface area contributed by atoms with E-state index in [1.54, 1.807) is 14.1 Å². The Kier molecular flexibility index (Phi) is 6.02. The van der Waals surface area contributed by atoms with Crippen LogP contribution in [0.25, 0.3) is 0 Å². The third-order valence-electron chi connectivity index (χ3n) is 2.06. The molecule has 1 unspecified atom stereocenters. The number of nitrogens with zero attached hydrogens (tertiary/aromatic N) is 1. The quantitative estimate of drug-likeness (QED) is 0.679. The first-order valence-corrected chi connectivity index (χ1v) is 4.94. The fourth-order valence-corrected chi connectivity index (χ4v) is 1.19. The highest BCUT2D eigenvalue weighted by Crippen LogP contribution is 2.13. The minimum absolute atomic E-state index is 0.0369. The Morgan fingerprint density at radius 2 is 1.78 bits per heavy atom. The Balaban J connectivity index is 0.000000360. The molecule has 1 aliphatic rings. The maximum absolute atomic E-state index is 12.6. The van der Waals surface area contributed by atoms with Crippen molar-refractivity contribution in [3.63, 3.8) is 0 Å². The highest BCUT2D eigenvalue weighted by molar-refractivity contribution is 5.81. The van der Waals surface area contributed by atoms with Gasteiger partial charge in [-0.3, -0.25) is 4.79 Å². The van der Waals surface area contributed by atoms with E-state index in [0.717, 1.165) is 0 Å². The second-order valence-corrected chi connectivity index (χ2v) is 3.83. The highest BCUT2D eigenvalue weighted by atomic mass is 19.4.